The van der Waals surface area contributed by atoms with E-state index in [0.717, 1.165) is 6.07 Å². The maximum Gasteiger partial charge on any atom is 0.161 e. The highest BCUT2D eigenvalue weighted by atomic mass is 35.5. The molecule has 3 aromatic rings. The summed E-state index contributed by atoms with van der Waals surface area (Å²) in [6, 6.07) is 0.952. The summed E-state index contributed by atoms with van der Waals surface area (Å²) in [7, 11) is 1.85. The molecule has 0 aliphatic rings. The van der Waals surface area contributed by atoms with Crippen molar-refractivity contribution < 1.29 is 13.2 Å². The first kappa shape index (κ1) is 19.9. The van der Waals surface area contributed by atoms with Crippen LogP contribution in [-0.2, 0) is 20.0 Å². The molecule has 2 heterocycles. The summed E-state index contributed by atoms with van der Waals surface area (Å²) in [5, 5.41) is 8.06. The Hall–Kier alpha value is -2.39. The lowest BCUT2D eigenvalue weighted by Gasteiger charge is -2.12. The number of rotatable bonds is 6. The van der Waals surface area contributed by atoms with Gasteiger partial charge in [0.1, 0.15) is 11.5 Å². The Morgan fingerprint density at radius 3 is 2.58 bits per heavy atom. The van der Waals surface area contributed by atoms with Gasteiger partial charge in [0.2, 0.25) is 0 Å². The predicted molar refractivity (Wildman–Crippen MR) is 92.1 cm³/mol. The molecule has 140 valence electrons. The van der Waals surface area contributed by atoms with Crippen LogP contribution in [0.25, 0.3) is 11.5 Å². The highest BCUT2D eigenvalue weighted by Gasteiger charge is 2.14. The number of nitrogens with two attached hydrogens (primary N) is 1. The maximum atomic E-state index is 13.7. The Morgan fingerprint density at radius 2 is 1.88 bits per heavy atom. The summed E-state index contributed by atoms with van der Waals surface area (Å²) >= 11 is 0. The summed E-state index contributed by atoms with van der Waals surface area (Å²) in [5.41, 5.74) is 6.66. The number of nitrogens with zero attached hydrogens (tertiary/aromatic N) is 5. The lowest BCUT2D eigenvalue weighted by molar-refractivity contribution is 0.473. The molecule has 10 heteroatoms. The first-order chi connectivity index (χ1) is 11.9. The third-order valence-corrected chi connectivity index (χ3v) is 3.89. The molecule has 0 bridgehead atoms. The average Bonchev–Trinajstić information content (AvgIpc) is 3.19. The third kappa shape index (κ3) is 4.41. The highest BCUT2D eigenvalue weighted by Crippen LogP contribution is 2.16. The highest BCUT2D eigenvalue weighted by molar-refractivity contribution is 5.85. The third-order valence-electron chi connectivity index (χ3n) is 3.89. The van der Waals surface area contributed by atoms with Crippen LogP contribution in [0, 0.1) is 17.5 Å². The molecule has 0 unspecified atom stereocenters. The van der Waals surface area contributed by atoms with Crippen LogP contribution in [0.4, 0.5) is 13.2 Å². The zero-order valence-electron chi connectivity index (χ0n) is 13.9. The molecular weight excluding hydrogens is 369 g/mol. The van der Waals surface area contributed by atoms with Crippen molar-refractivity contribution in [3.05, 3.63) is 53.7 Å². The van der Waals surface area contributed by atoms with Crippen LogP contribution < -0.4 is 5.73 Å². The zero-order valence-corrected chi connectivity index (χ0v) is 14.8. The number of benzene rings is 1. The van der Waals surface area contributed by atoms with Crippen molar-refractivity contribution in [2.24, 2.45) is 12.8 Å². The molecule has 0 saturated heterocycles. The predicted octanol–water partition coefficient (Wildman–Crippen LogP) is 2.48. The van der Waals surface area contributed by atoms with E-state index in [1.54, 1.807) is 23.3 Å². The Labute approximate surface area is 154 Å². The van der Waals surface area contributed by atoms with Crippen LogP contribution in [0.5, 0.6) is 0 Å². The number of halogens is 4. The molecule has 0 saturated carbocycles. The van der Waals surface area contributed by atoms with Gasteiger partial charge in [0.25, 0.3) is 0 Å². The van der Waals surface area contributed by atoms with Gasteiger partial charge in [-0.3, -0.25) is 4.68 Å². The van der Waals surface area contributed by atoms with E-state index in [9.17, 15) is 13.2 Å². The van der Waals surface area contributed by atoms with E-state index in [2.05, 4.69) is 15.3 Å². The van der Waals surface area contributed by atoms with Crippen molar-refractivity contribution in [2.45, 2.75) is 25.4 Å². The fourth-order valence-corrected chi connectivity index (χ4v) is 2.53. The summed E-state index contributed by atoms with van der Waals surface area (Å²) in [5.74, 6) is -2.40. The minimum absolute atomic E-state index is 0. The molecule has 6 nitrogen and oxygen atoms in total. The number of hydrogen-bond acceptors (Lipinski definition) is 4. The number of aromatic nitrogens is 5. The fourth-order valence-electron chi connectivity index (χ4n) is 2.53. The minimum Gasteiger partial charge on any atom is -0.333 e. The molecule has 26 heavy (non-hydrogen) atoms. The maximum absolute atomic E-state index is 13.7. The molecule has 2 N–H and O–H groups in total. The van der Waals surface area contributed by atoms with Gasteiger partial charge in [-0.25, -0.2) is 18.2 Å². The van der Waals surface area contributed by atoms with Gasteiger partial charge >= 0.3 is 0 Å². The first-order valence-electron chi connectivity index (χ1n) is 7.71. The largest absolute Gasteiger partial charge is 0.333 e. The van der Waals surface area contributed by atoms with Gasteiger partial charge in [0, 0.05) is 38.1 Å². The molecule has 0 aliphatic carbocycles. The van der Waals surface area contributed by atoms with Gasteiger partial charge in [0.05, 0.1) is 6.20 Å². The van der Waals surface area contributed by atoms with Crippen molar-refractivity contribution in [1.82, 2.24) is 24.5 Å². The number of aryl methyl sites for hydroxylation is 2. The smallest absolute Gasteiger partial charge is 0.161 e. The Kier molecular flexibility index (Phi) is 6.38. The van der Waals surface area contributed by atoms with E-state index in [1.807, 2.05) is 11.6 Å². The van der Waals surface area contributed by atoms with Gasteiger partial charge in [-0.05, 0) is 24.5 Å². The monoisotopic (exact) mass is 386 g/mol. The van der Waals surface area contributed by atoms with Crippen molar-refractivity contribution in [3.63, 3.8) is 0 Å². The van der Waals surface area contributed by atoms with Gasteiger partial charge in [-0.2, -0.15) is 0 Å². The van der Waals surface area contributed by atoms with E-state index in [0.29, 0.717) is 30.6 Å². The van der Waals surface area contributed by atoms with Crippen LogP contribution in [0.3, 0.4) is 0 Å². The van der Waals surface area contributed by atoms with Crippen molar-refractivity contribution in [2.75, 3.05) is 0 Å². The van der Waals surface area contributed by atoms with Gasteiger partial charge < -0.3 is 10.3 Å². The Balaban J connectivity index is 0.00000243. The summed E-state index contributed by atoms with van der Waals surface area (Å²) < 4.78 is 43.3. The van der Waals surface area contributed by atoms with Crippen LogP contribution in [0.15, 0.2) is 30.7 Å². The molecule has 0 fully saturated rings. The second-order valence-electron chi connectivity index (χ2n) is 5.84. The topological polar surface area (TPSA) is 74.5 Å². The quantitative estimate of drug-likeness (QED) is 0.660. The molecule has 0 radical (unpaired) electrons. The summed E-state index contributed by atoms with van der Waals surface area (Å²) in [6.45, 7) is 0.462. The Morgan fingerprint density at radius 1 is 1.15 bits per heavy atom. The SMILES string of the molecule is Cl.Cn1ccnc1-c1cn(CC[C@H](N)Cc2cc(F)c(F)cc2F)nn1. The molecule has 2 aromatic heterocycles. The number of hydrogen-bond donors (Lipinski definition) is 1. The van der Waals surface area contributed by atoms with Crippen molar-refractivity contribution in [1.29, 1.82) is 0 Å². The van der Waals surface area contributed by atoms with E-state index >= 15 is 0 Å². The lowest BCUT2D eigenvalue weighted by atomic mass is 10.0. The summed E-state index contributed by atoms with van der Waals surface area (Å²) in [4.78, 5) is 4.19. The first-order valence-corrected chi connectivity index (χ1v) is 7.71. The Bertz CT molecular complexity index is 879. The van der Waals surface area contributed by atoms with Gasteiger partial charge in [0.15, 0.2) is 17.5 Å². The molecule has 0 spiro atoms. The van der Waals surface area contributed by atoms with Crippen molar-refractivity contribution in [3.8, 4) is 11.5 Å². The van der Waals surface area contributed by atoms with Crippen LogP contribution in [0.1, 0.15) is 12.0 Å². The molecule has 0 amide bonds. The van der Waals surface area contributed by atoms with Crippen LogP contribution in [-0.4, -0.2) is 30.6 Å². The number of imidazole rings is 1. The van der Waals surface area contributed by atoms with E-state index in [1.165, 1.54) is 0 Å². The zero-order chi connectivity index (χ0) is 18.0. The second kappa shape index (κ2) is 8.33. The molecule has 1 atom stereocenters. The normalized spacial score (nSPS) is 12.0. The molecule has 0 aliphatic heterocycles. The van der Waals surface area contributed by atoms with Crippen molar-refractivity contribution >= 4 is 12.4 Å². The second-order valence-corrected chi connectivity index (χ2v) is 5.84. The van der Waals surface area contributed by atoms with Crippen LogP contribution in [0.2, 0.25) is 0 Å². The van der Waals surface area contributed by atoms with E-state index < -0.39 is 23.5 Å². The minimum atomic E-state index is -1.21. The van der Waals surface area contributed by atoms with Gasteiger partial charge in [-0.15, -0.1) is 17.5 Å². The van der Waals surface area contributed by atoms with Crippen LogP contribution >= 0.6 is 12.4 Å². The van der Waals surface area contributed by atoms with E-state index in [4.69, 9.17) is 5.73 Å². The average molecular weight is 387 g/mol. The molecular formula is C16H18ClF3N6. The van der Waals surface area contributed by atoms with E-state index in [-0.39, 0.29) is 24.4 Å². The molecule has 1 aromatic carbocycles. The summed E-state index contributed by atoms with van der Waals surface area (Å²) in [6.07, 6.45) is 5.79. The fraction of sp³-hybridized carbons (Fsp3) is 0.312. The molecule has 3 rings (SSSR count). The lowest BCUT2D eigenvalue weighted by Crippen LogP contribution is -2.25. The van der Waals surface area contributed by atoms with Gasteiger partial charge in [-0.1, -0.05) is 5.21 Å². The standard InChI is InChI=1S/C16H17F3N6.ClH/c1-24-5-3-21-16(24)15-9-25(23-22-15)4-2-11(20)6-10-7-13(18)14(19)8-12(10)17;/h3,5,7-9,11H,2,4,6,20H2,1H3;1H/t11-;/m0./s1.